The molecule has 0 fully saturated rings. The molecular formula is C22H25N3O3S2. The summed E-state index contributed by atoms with van der Waals surface area (Å²) in [4.78, 5) is 17.1. The van der Waals surface area contributed by atoms with Gasteiger partial charge >= 0.3 is 0 Å². The summed E-state index contributed by atoms with van der Waals surface area (Å²) >= 11 is 1.51. The number of hydrogen-bond donors (Lipinski definition) is 2. The van der Waals surface area contributed by atoms with Crippen LogP contribution in [0.1, 0.15) is 47.4 Å². The van der Waals surface area contributed by atoms with Crippen LogP contribution in [0.3, 0.4) is 0 Å². The van der Waals surface area contributed by atoms with Gasteiger partial charge in [0.05, 0.1) is 17.1 Å². The summed E-state index contributed by atoms with van der Waals surface area (Å²) in [5.74, 6) is -0.280. The van der Waals surface area contributed by atoms with Crippen LogP contribution >= 0.6 is 11.3 Å². The van der Waals surface area contributed by atoms with Crippen molar-refractivity contribution in [3.63, 3.8) is 0 Å². The van der Waals surface area contributed by atoms with Crippen molar-refractivity contribution in [1.29, 1.82) is 0 Å². The molecule has 0 aliphatic heterocycles. The van der Waals surface area contributed by atoms with Crippen molar-refractivity contribution in [2.45, 2.75) is 44.6 Å². The van der Waals surface area contributed by atoms with Gasteiger partial charge in [0, 0.05) is 22.0 Å². The Balaban J connectivity index is 1.63. The Hall–Kier alpha value is -2.71. The van der Waals surface area contributed by atoms with Crippen LogP contribution < -0.4 is 10.0 Å². The topological polar surface area (TPSA) is 88.2 Å². The fourth-order valence-corrected chi connectivity index (χ4v) is 4.63. The molecule has 1 heterocycles. The molecule has 0 atom stereocenters. The largest absolute Gasteiger partial charge is 0.346 e. The number of nitrogens with one attached hydrogen (secondary N) is 2. The van der Waals surface area contributed by atoms with E-state index >= 15 is 0 Å². The highest BCUT2D eigenvalue weighted by Gasteiger charge is 2.18. The number of carbonyl (C=O) groups is 1. The van der Waals surface area contributed by atoms with E-state index < -0.39 is 10.0 Å². The summed E-state index contributed by atoms with van der Waals surface area (Å²) in [6.07, 6.45) is 0. The summed E-state index contributed by atoms with van der Waals surface area (Å²) in [7, 11) is -3.73. The first-order valence-electron chi connectivity index (χ1n) is 9.47. The van der Waals surface area contributed by atoms with Crippen molar-refractivity contribution < 1.29 is 13.2 Å². The molecule has 2 N–H and O–H groups in total. The number of carbonyl (C=O) groups excluding carboxylic acids is 1. The van der Waals surface area contributed by atoms with E-state index in [1.165, 1.54) is 35.6 Å². The van der Waals surface area contributed by atoms with Gasteiger partial charge in [0.2, 0.25) is 0 Å². The minimum atomic E-state index is -3.73. The summed E-state index contributed by atoms with van der Waals surface area (Å²) in [6.45, 7) is 8.53. The molecule has 30 heavy (non-hydrogen) atoms. The first-order valence-corrected chi connectivity index (χ1v) is 11.8. The Morgan fingerprint density at radius 2 is 1.67 bits per heavy atom. The minimum Gasteiger partial charge on any atom is -0.346 e. The SMILES string of the molecule is Cc1ccc(NS(=O)(=O)c2ccc(C(=O)NCc3nc(C(C)(C)C)cs3)cc2)cc1. The Kier molecular flexibility index (Phi) is 6.28. The number of aryl methyl sites for hydroxylation is 1. The standard InChI is InChI=1S/C22H25N3O3S2/c1-15-5-9-17(10-6-15)25-30(27,28)18-11-7-16(8-12-18)21(26)23-13-20-24-19(14-29-20)22(2,3)4/h5-12,14,25H,13H2,1-4H3,(H,23,26). The highest BCUT2D eigenvalue weighted by Crippen LogP contribution is 2.24. The summed E-state index contributed by atoms with van der Waals surface area (Å²) < 4.78 is 27.6. The first kappa shape index (κ1) is 22.0. The lowest BCUT2D eigenvalue weighted by atomic mass is 9.93. The molecule has 0 unspecified atom stereocenters. The van der Waals surface area contributed by atoms with Crippen molar-refractivity contribution in [2.24, 2.45) is 0 Å². The third kappa shape index (κ3) is 5.46. The van der Waals surface area contributed by atoms with Crippen LogP contribution in [0.4, 0.5) is 5.69 Å². The second-order valence-corrected chi connectivity index (χ2v) is 10.7. The summed E-state index contributed by atoms with van der Waals surface area (Å²) in [6, 6.07) is 12.9. The van der Waals surface area contributed by atoms with Gasteiger partial charge in [-0.1, -0.05) is 38.5 Å². The molecule has 2 aromatic carbocycles. The van der Waals surface area contributed by atoms with Gasteiger partial charge in [-0.3, -0.25) is 9.52 Å². The highest BCUT2D eigenvalue weighted by atomic mass is 32.2. The highest BCUT2D eigenvalue weighted by molar-refractivity contribution is 7.92. The lowest BCUT2D eigenvalue weighted by Gasteiger charge is -2.14. The van der Waals surface area contributed by atoms with E-state index in [4.69, 9.17) is 0 Å². The molecule has 1 aromatic heterocycles. The summed E-state index contributed by atoms with van der Waals surface area (Å²) in [5, 5.41) is 5.66. The number of thiazole rings is 1. The van der Waals surface area contributed by atoms with E-state index in [9.17, 15) is 13.2 Å². The second kappa shape index (κ2) is 8.57. The van der Waals surface area contributed by atoms with Crippen LogP contribution in [-0.4, -0.2) is 19.3 Å². The van der Waals surface area contributed by atoms with E-state index in [1.807, 2.05) is 24.4 Å². The molecule has 0 saturated carbocycles. The predicted molar refractivity (Wildman–Crippen MR) is 120 cm³/mol. The fraction of sp³-hybridized carbons (Fsp3) is 0.273. The number of sulfonamides is 1. The Morgan fingerprint density at radius 3 is 2.23 bits per heavy atom. The van der Waals surface area contributed by atoms with E-state index in [0.29, 0.717) is 17.8 Å². The number of rotatable bonds is 6. The summed E-state index contributed by atoms with van der Waals surface area (Å²) in [5.41, 5.74) is 2.87. The molecule has 0 aliphatic rings. The number of aromatic nitrogens is 1. The molecule has 0 bridgehead atoms. The Morgan fingerprint density at radius 1 is 1.03 bits per heavy atom. The van der Waals surface area contributed by atoms with E-state index in [1.54, 1.807) is 12.1 Å². The van der Waals surface area contributed by atoms with Crippen LogP contribution in [0, 0.1) is 6.92 Å². The number of anilines is 1. The van der Waals surface area contributed by atoms with Crippen molar-refractivity contribution in [1.82, 2.24) is 10.3 Å². The zero-order valence-corrected chi connectivity index (χ0v) is 19.0. The molecule has 0 spiro atoms. The average molecular weight is 444 g/mol. The maximum absolute atomic E-state index is 12.5. The van der Waals surface area contributed by atoms with Gasteiger partial charge in [0.25, 0.3) is 15.9 Å². The lowest BCUT2D eigenvalue weighted by Crippen LogP contribution is -2.23. The quantitative estimate of drug-likeness (QED) is 0.588. The zero-order chi connectivity index (χ0) is 21.9. The molecule has 3 rings (SSSR count). The van der Waals surface area contributed by atoms with Crippen molar-refractivity contribution in [3.05, 3.63) is 75.7 Å². The number of nitrogens with zero attached hydrogens (tertiary/aromatic N) is 1. The van der Waals surface area contributed by atoms with Crippen LogP contribution in [-0.2, 0) is 22.0 Å². The first-order chi connectivity index (χ1) is 14.0. The minimum absolute atomic E-state index is 0.0350. The van der Waals surface area contributed by atoms with Crippen molar-refractivity contribution in [3.8, 4) is 0 Å². The van der Waals surface area contributed by atoms with Crippen molar-refractivity contribution in [2.75, 3.05) is 4.72 Å². The Labute approximate surface area is 181 Å². The monoisotopic (exact) mass is 443 g/mol. The van der Waals surface area contributed by atoms with Gasteiger partial charge in [-0.25, -0.2) is 13.4 Å². The van der Waals surface area contributed by atoms with Gasteiger partial charge in [-0.15, -0.1) is 11.3 Å². The smallest absolute Gasteiger partial charge is 0.261 e. The molecule has 0 radical (unpaired) electrons. The molecular weight excluding hydrogens is 418 g/mol. The van der Waals surface area contributed by atoms with Gasteiger partial charge in [-0.2, -0.15) is 0 Å². The van der Waals surface area contributed by atoms with Gasteiger partial charge in [-0.05, 0) is 43.3 Å². The Bertz CT molecular complexity index is 1130. The van der Waals surface area contributed by atoms with Gasteiger partial charge in [0.15, 0.2) is 0 Å². The predicted octanol–water partition coefficient (Wildman–Crippen LogP) is 4.48. The van der Waals surface area contributed by atoms with Crippen LogP contribution in [0.15, 0.2) is 58.8 Å². The van der Waals surface area contributed by atoms with Crippen molar-refractivity contribution >= 4 is 33.0 Å². The molecule has 158 valence electrons. The van der Waals surface area contributed by atoms with E-state index in [-0.39, 0.29) is 16.2 Å². The second-order valence-electron chi connectivity index (χ2n) is 8.06. The third-order valence-corrected chi connectivity index (χ3v) is 6.70. The van der Waals surface area contributed by atoms with Crippen LogP contribution in [0.2, 0.25) is 0 Å². The fourth-order valence-electron chi connectivity index (χ4n) is 2.62. The molecule has 1 amide bonds. The zero-order valence-electron chi connectivity index (χ0n) is 17.4. The van der Waals surface area contributed by atoms with Gasteiger partial charge < -0.3 is 5.32 Å². The number of amides is 1. The lowest BCUT2D eigenvalue weighted by molar-refractivity contribution is 0.0950. The van der Waals surface area contributed by atoms with E-state index in [2.05, 4.69) is 35.8 Å². The van der Waals surface area contributed by atoms with Crippen LogP contribution in [0.25, 0.3) is 0 Å². The number of benzene rings is 2. The maximum Gasteiger partial charge on any atom is 0.261 e. The van der Waals surface area contributed by atoms with E-state index in [0.717, 1.165) is 16.3 Å². The molecule has 8 heteroatoms. The average Bonchev–Trinajstić information content (AvgIpc) is 3.17. The normalized spacial score (nSPS) is 11.9. The maximum atomic E-state index is 12.5. The van der Waals surface area contributed by atoms with Gasteiger partial charge in [0.1, 0.15) is 5.01 Å². The molecule has 3 aromatic rings. The molecule has 6 nitrogen and oxygen atoms in total. The number of hydrogen-bond acceptors (Lipinski definition) is 5. The molecule has 0 saturated heterocycles. The van der Waals surface area contributed by atoms with Crippen LogP contribution in [0.5, 0.6) is 0 Å². The molecule has 0 aliphatic carbocycles. The third-order valence-electron chi connectivity index (χ3n) is 4.45.